The SMILES string of the molecule is CCNCCNC(=O)N1CCN(c2ccncc2)CC1. The highest BCUT2D eigenvalue weighted by molar-refractivity contribution is 5.74. The van der Waals surface area contributed by atoms with E-state index < -0.39 is 0 Å². The zero-order valence-electron chi connectivity index (χ0n) is 12.0. The lowest BCUT2D eigenvalue weighted by Crippen LogP contribution is -2.52. The Morgan fingerprint density at radius 3 is 2.55 bits per heavy atom. The third-order valence-corrected chi connectivity index (χ3v) is 3.42. The van der Waals surface area contributed by atoms with Crippen LogP contribution in [0.15, 0.2) is 24.5 Å². The molecule has 2 amide bonds. The fraction of sp³-hybridized carbons (Fsp3) is 0.571. The van der Waals surface area contributed by atoms with Crippen LogP contribution in [0.25, 0.3) is 0 Å². The van der Waals surface area contributed by atoms with E-state index in [1.54, 1.807) is 12.4 Å². The zero-order chi connectivity index (χ0) is 14.2. The van der Waals surface area contributed by atoms with Gasteiger partial charge in [-0.05, 0) is 18.7 Å². The Morgan fingerprint density at radius 2 is 1.90 bits per heavy atom. The van der Waals surface area contributed by atoms with E-state index in [0.29, 0.717) is 6.54 Å². The first-order valence-electron chi connectivity index (χ1n) is 7.19. The van der Waals surface area contributed by atoms with Crippen molar-refractivity contribution in [1.82, 2.24) is 20.5 Å². The number of pyridine rings is 1. The Morgan fingerprint density at radius 1 is 1.20 bits per heavy atom. The van der Waals surface area contributed by atoms with E-state index in [4.69, 9.17) is 0 Å². The van der Waals surface area contributed by atoms with Crippen LogP contribution in [0, 0.1) is 0 Å². The number of urea groups is 1. The summed E-state index contributed by atoms with van der Waals surface area (Å²) in [7, 11) is 0. The number of anilines is 1. The average Bonchev–Trinajstić information content (AvgIpc) is 2.52. The minimum absolute atomic E-state index is 0.0391. The van der Waals surface area contributed by atoms with Crippen LogP contribution in [-0.4, -0.2) is 61.7 Å². The van der Waals surface area contributed by atoms with Gasteiger partial charge in [0.05, 0.1) is 0 Å². The van der Waals surface area contributed by atoms with Crippen molar-refractivity contribution < 1.29 is 4.79 Å². The molecule has 0 spiro atoms. The van der Waals surface area contributed by atoms with E-state index in [0.717, 1.165) is 39.3 Å². The van der Waals surface area contributed by atoms with Crippen molar-refractivity contribution in [2.24, 2.45) is 0 Å². The van der Waals surface area contributed by atoms with Gasteiger partial charge >= 0.3 is 6.03 Å². The highest BCUT2D eigenvalue weighted by atomic mass is 16.2. The molecule has 0 aromatic carbocycles. The predicted molar refractivity (Wildman–Crippen MR) is 80.0 cm³/mol. The number of nitrogens with one attached hydrogen (secondary N) is 2. The molecule has 6 nitrogen and oxygen atoms in total. The molecule has 0 unspecified atom stereocenters. The maximum absolute atomic E-state index is 12.0. The molecule has 0 atom stereocenters. The fourth-order valence-electron chi connectivity index (χ4n) is 2.27. The van der Waals surface area contributed by atoms with E-state index in [-0.39, 0.29) is 6.03 Å². The maximum Gasteiger partial charge on any atom is 0.317 e. The van der Waals surface area contributed by atoms with Gasteiger partial charge in [-0.15, -0.1) is 0 Å². The molecule has 2 N–H and O–H groups in total. The van der Waals surface area contributed by atoms with Gasteiger partial charge in [0.2, 0.25) is 0 Å². The summed E-state index contributed by atoms with van der Waals surface area (Å²) in [6.45, 7) is 7.73. The summed E-state index contributed by atoms with van der Waals surface area (Å²) < 4.78 is 0. The molecule has 1 fully saturated rings. The van der Waals surface area contributed by atoms with E-state index in [9.17, 15) is 4.79 Å². The number of carbonyl (C=O) groups is 1. The molecule has 20 heavy (non-hydrogen) atoms. The predicted octanol–water partition coefficient (Wildman–Crippen LogP) is 0.523. The van der Waals surface area contributed by atoms with Gasteiger partial charge in [-0.2, -0.15) is 0 Å². The number of piperazine rings is 1. The lowest BCUT2D eigenvalue weighted by Gasteiger charge is -2.36. The second-order valence-electron chi connectivity index (χ2n) is 4.76. The monoisotopic (exact) mass is 277 g/mol. The van der Waals surface area contributed by atoms with Gasteiger partial charge in [-0.1, -0.05) is 6.92 Å². The molecule has 0 saturated carbocycles. The van der Waals surface area contributed by atoms with E-state index >= 15 is 0 Å². The third kappa shape index (κ3) is 4.09. The summed E-state index contributed by atoms with van der Waals surface area (Å²) in [6, 6.07) is 4.05. The summed E-state index contributed by atoms with van der Waals surface area (Å²) in [6.07, 6.45) is 3.60. The standard InChI is InChI=1S/C14H23N5O/c1-2-15-7-8-17-14(20)19-11-9-18(10-12-19)13-3-5-16-6-4-13/h3-6,15H,2,7-12H2,1H3,(H,17,20). The molecule has 0 aliphatic carbocycles. The molecule has 2 heterocycles. The smallest absolute Gasteiger partial charge is 0.317 e. The molecule has 0 radical (unpaired) electrons. The Hall–Kier alpha value is -1.82. The van der Waals surface area contributed by atoms with Crippen molar-refractivity contribution in [1.29, 1.82) is 0 Å². The largest absolute Gasteiger partial charge is 0.368 e. The highest BCUT2D eigenvalue weighted by Gasteiger charge is 2.20. The molecular formula is C14H23N5O. The Bertz CT molecular complexity index is 403. The minimum Gasteiger partial charge on any atom is -0.368 e. The first kappa shape index (κ1) is 14.6. The summed E-state index contributed by atoms with van der Waals surface area (Å²) >= 11 is 0. The lowest BCUT2D eigenvalue weighted by atomic mass is 10.3. The first-order chi connectivity index (χ1) is 9.81. The zero-order valence-corrected chi connectivity index (χ0v) is 12.0. The van der Waals surface area contributed by atoms with Gasteiger partial charge in [0, 0.05) is 57.3 Å². The normalized spacial score (nSPS) is 15.2. The van der Waals surface area contributed by atoms with Gasteiger partial charge < -0.3 is 20.4 Å². The fourth-order valence-corrected chi connectivity index (χ4v) is 2.27. The van der Waals surface area contributed by atoms with Crippen LogP contribution < -0.4 is 15.5 Å². The Kier molecular flexibility index (Phi) is 5.61. The van der Waals surface area contributed by atoms with Crippen molar-refractivity contribution in [3.05, 3.63) is 24.5 Å². The number of hydrogen-bond acceptors (Lipinski definition) is 4. The molecule has 6 heteroatoms. The summed E-state index contributed by atoms with van der Waals surface area (Å²) in [5.74, 6) is 0. The molecule has 1 saturated heterocycles. The second-order valence-corrected chi connectivity index (χ2v) is 4.76. The van der Waals surface area contributed by atoms with Crippen molar-refractivity contribution in [2.45, 2.75) is 6.92 Å². The van der Waals surface area contributed by atoms with Crippen LogP contribution in [0.2, 0.25) is 0 Å². The number of carbonyl (C=O) groups excluding carboxylic acids is 1. The van der Waals surface area contributed by atoms with E-state index in [1.165, 1.54) is 5.69 Å². The van der Waals surface area contributed by atoms with Crippen LogP contribution in [0.1, 0.15) is 6.92 Å². The number of likely N-dealkylation sites (N-methyl/N-ethyl adjacent to an activating group) is 1. The van der Waals surface area contributed by atoms with Crippen LogP contribution in [-0.2, 0) is 0 Å². The Balaban J connectivity index is 1.72. The van der Waals surface area contributed by atoms with Gasteiger partial charge in [0.15, 0.2) is 0 Å². The van der Waals surface area contributed by atoms with Gasteiger partial charge in [-0.3, -0.25) is 4.98 Å². The van der Waals surface area contributed by atoms with Crippen LogP contribution in [0.4, 0.5) is 10.5 Å². The number of amides is 2. The van der Waals surface area contributed by atoms with Crippen molar-refractivity contribution in [3.63, 3.8) is 0 Å². The Labute approximate surface area is 120 Å². The average molecular weight is 277 g/mol. The first-order valence-corrected chi connectivity index (χ1v) is 7.19. The number of rotatable bonds is 5. The molecule has 1 aliphatic heterocycles. The molecule has 1 aromatic heterocycles. The number of hydrogen-bond donors (Lipinski definition) is 2. The quantitative estimate of drug-likeness (QED) is 0.771. The van der Waals surface area contributed by atoms with Gasteiger partial charge in [-0.25, -0.2) is 4.79 Å². The van der Waals surface area contributed by atoms with Crippen LogP contribution in [0.5, 0.6) is 0 Å². The molecule has 1 aliphatic rings. The maximum atomic E-state index is 12.0. The molecule has 1 aromatic rings. The highest BCUT2D eigenvalue weighted by Crippen LogP contribution is 2.14. The van der Waals surface area contributed by atoms with E-state index in [2.05, 4.69) is 27.4 Å². The summed E-state index contributed by atoms with van der Waals surface area (Å²) in [4.78, 5) is 20.1. The van der Waals surface area contributed by atoms with Gasteiger partial charge in [0.25, 0.3) is 0 Å². The second kappa shape index (κ2) is 7.69. The van der Waals surface area contributed by atoms with Crippen LogP contribution >= 0.6 is 0 Å². The van der Waals surface area contributed by atoms with Crippen LogP contribution in [0.3, 0.4) is 0 Å². The van der Waals surface area contributed by atoms with Crippen molar-refractivity contribution in [3.8, 4) is 0 Å². The number of nitrogens with zero attached hydrogens (tertiary/aromatic N) is 3. The van der Waals surface area contributed by atoms with Crippen molar-refractivity contribution >= 4 is 11.7 Å². The van der Waals surface area contributed by atoms with E-state index in [1.807, 2.05) is 17.0 Å². The van der Waals surface area contributed by atoms with Crippen molar-refractivity contribution in [2.75, 3.05) is 50.7 Å². The molecule has 110 valence electrons. The summed E-state index contributed by atoms with van der Waals surface area (Å²) in [5.41, 5.74) is 1.17. The van der Waals surface area contributed by atoms with Gasteiger partial charge in [0.1, 0.15) is 0 Å². The summed E-state index contributed by atoms with van der Waals surface area (Å²) in [5, 5.41) is 6.13. The molecule has 2 rings (SSSR count). The topological polar surface area (TPSA) is 60.5 Å². The lowest BCUT2D eigenvalue weighted by molar-refractivity contribution is 0.194. The minimum atomic E-state index is 0.0391. The number of aromatic nitrogens is 1. The molecular weight excluding hydrogens is 254 g/mol. The molecule has 0 bridgehead atoms. The third-order valence-electron chi connectivity index (χ3n) is 3.42.